The first-order valence-corrected chi connectivity index (χ1v) is 8.21. The van der Waals surface area contributed by atoms with E-state index < -0.39 is 14.6 Å². The van der Waals surface area contributed by atoms with Crippen molar-refractivity contribution < 1.29 is 8.42 Å². The van der Waals surface area contributed by atoms with Gasteiger partial charge in [-0.3, -0.25) is 4.99 Å². The number of sulfone groups is 1. The molecule has 1 aliphatic carbocycles. The first kappa shape index (κ1) is 17.0. The van der Waals surface area contributed by atoms with E-state index in [1.807, 2.05) is 0 Å². The summed E-state index contributed by atoms with van der Waals surface area (Å²) in [6, 6.07) is 0.519. The monoisotopic (exact) mass is 401 g/mol. The normalized spacial score (nSPS) is 26.3. The molecule has 1 saturated heterocycles. The number of aliphatic imine (C=N–C) groups is 1. The molecule has 2 rings (SSSR count). The largest absolute Gasteiger partial charge is 0.354 e. The maximum Gasteiger partial charge on any atom is 0.193 e. The number of guanidine groups is 1. The van der Waals surface area contributed by atoms with Gasteiger partial charge >= 0.3 is 0 Å². The number of hydrogen-bond donors (Lipinski definition) is 1. The average molecular weight is 401 g/mol. The molecule has 19 heavy (non-hydrogen) atoms. The predicted molar refractivity (Wildman–Crippen MR) is 89.0 cm³/mol. The Morgan fingerprint density at radius 1 is 1.37 bits per heavy atom. The highest BCUT2D eigenvalue weighted by Gasteiger charge is 2.41. The standard InChI is InChI=1S/C12H23N3O2S.HI/c1-12(2)9-15(7-8-18(12,16)17)11(13-3)14-10-5-4-6-10;/h10H,4-9H2,1-3H3,(H,13,14);1H. The topological polar surface area (TPSA) is 61.8 Å². The zero-order chi connectivity index (χ0) is 13.4. The molecule has 0 atom stereocenters. The van der Waals surface area contributed by atoms with Crippen molar-refractivity contribution in [1.82, 2.24) is 10.2 Å². The molecule has 0 amide bonds. The zero-order valence-corrected chi connectivity index (χ0v) is 15.0. The highest BCUT2D eigenvalue weighted by Crippen LogP contribution is 2.24. The summed E-state index contributed by atoms with van der Waals surface area (Å²) >= 11 is 0. The van der Waals surface area contributed by atoms with E-state index >= 15 is 0 Å². The lowest BCUT2D eigenvalue weighted by atomic mass is 9.93. The van der Waals surface area contributed by atoms with Crippen molar-refractivity contribution in [2.45, 2.75) is 43.9 Å². The van der Waals surface area contributed by atoms with Crippen LogP contribution < -0.4 is 5.32 Å². The second-order valence-electron chi connectivity index (χ2n) is 5.82. The summed E-state index contributed by atoms with van der Waals surface area (Å²) in [5.74, 6) is 1.06. The number of halogens is 1. The van der Waals surface area contributed by atoms with Crippen molar-refractivity contribution >= 4 is 39.8 Å². The molecular formula is C12H24IN3O2S. The molecule has 1 aliphatic heterocycles. The summed E-state index contributed by atoms with van der Waals surface area (Å²) in [5.41, 5.74) is 0. The Morgan fingerprint density at radius 2 is 2.00 bits per heavy atom. The smallest absolute Gasteiger partial charge is 0.193 e. The van der Waals surface area contributed by atoms with E-state index in [1.54, 1.807) is 20.9 Å². The molecule has 0 bridgehead atoms. The summed E-state index contributed by atoms with van der Waals surface area (Å²) < 4.78 is 23.2. The Morgan fingerprint density at radius 3 is 2.42 bits per heavy atom. The molecule has 0 aromatic rings. The molecule has 5 nitrogen and oxygen atoms in total. The molecule has 2 aliphatic rings. The molecule has 1 saturated carbocycles. The Hall–Kier alpha value is -0.0500. The van der Waals surface area contributed by atoms with Crippen molar-refractivity contribution in [3.8, 4) is 0 Å². The van der Waals surface area contributed by atoms with Gasteiger partial charge in [0, 0.05) is 26.2 Å². The molecule has 0 radical (unpaired) electrons. The van der Waals surface area contributed by atoms with E-state index in [4.69, 9.17) is 0 Å². The summed E-state index contributed by atoms with van der Waals surface area (Å²) in [6.07, 6.45) is 3.65. The van der Waals surface area contributed by atoms with E-state index in [0.717, 1.165) is 5.96 Å². The lowest BCUT2D eigenvalue weighted by molar-refractivity contribution is 0.324. The van der Waals surface area contributed by atoms with Gasteiger partial charge in [0.05, 0.1) is 10.5 Å². The lowest BCUT2D eigenvalue weighted by Crippen LogP contribution is -2.58. The number of hydrogen-bond acceptors (Lipinski definition) is 3. The molecular weight excluding hydrogens is 377 g/mol. The summed E-state index contributed by atoms with van der Waals surface area (Å²) in [5, 5.41) is 3.42. The second-order valence-corrected chi connectivity index (χ2v) is 8.56. The van der Waals surface area contributed by atoms with Gasteiger partial charge in [-0.05, 0) is 33.1 Å². The fourth-order valence-corrected chi connectivity index (χ4v) is 3.72. The number of nitrogens with zero attached hydrogens (tertiary/aromatic N) is 2. The van der Waals surface area contributed by atoms with Gasteiger partial charge in [-0.25, -0.2) is 8.42 Å². The van der Waals surface area contributed by atoms with Crippen molar-refractivity contribution in [3.63, 3.8) is 0 Å². The Labute approximate surface area is 133 Å². The van der Waals surface area contributed by atoms with Gasteiger partial charge < -0.3 is 10.2 Å². The van der Waals surface area contributed by atoms with Gasteiger partial charge in [0.15, 0.2) is 15.8 Å². The lowest BCUT2D eigenvalue weighted by Gasteiger charge is -2.41. The molecule has 2 fully saturated rings. The minimum atomic E-state index is -2.98. The van der Waals surface area contributed by atoms with Crippen LogP contribution in [0.4, 0.5) is 0 Å². The SMILES string of the molecule is CN=C(NC1CCC1)N1CCS(=O)(=O)C(C)(C)C1.I. The van der Waals surface area contributed by atoms with Crippen LogP contribution in [0, 0.1) is 0 Å². The third kappa shape index (κ3) is 3.53. The Bertz CT molecular complexity index is 444. The summed E-state index contributed by atoms with van der Waals surface area (Å²) in [6.45, 7) is 4.65. The van der Waals surface area contributed by atoms with Crippen LogP contribution in [0.25, 0.3) is 0 Å². The minimum absolute atomic E-state index is 0. The second kappa shape index (κ2) is 6.15. The first-order valence-electron chi connectivity index (χ1n) is 6.56. The van der Waals surface area contributed by atoms with Crippen LogP contribution in [-0.2, 0) is 9.84 Å². The third-order valence-corrected chi connectivity index (χ3v) is 6.53. The van der Waals surface area contributed by atoms with Crippen LogP contribution in [0.15, 0.2) is 4.99 Å². The molecule has 1 N–H and O–H groups in total. The van der Waals surface area contributed by atoms with Crippen LogP contribution in [0.5, 0.6) is 0 Å². The molecule has 0 spiro atoms. The molecule has 1 heterocycles. The van der Waals surface area contributed by atoms with Crippen LogP contribution in [0.2, 0.25) is 0 Å². The quantitative estimate of drug-likeness (QED) is 0.408. The van der Waals surface area contributed by atoms with Crippen LogP contribution in [-0.4, -0.2) is 56.0 Å². The molecule has 112 valence electrons. The van der Waals surface area contributed by atoms with E-state index in [1.165, 1.54) is 19.3 Å². The molecule has 0 aromatic heterocycles. The van der Waals surface area contributed by atoms with Crippen LogP contribution in [0.3, 0.4) is 0 Å². The third-order valence-electron chi connectivity index (χ3n) is 3.99. The van der Waals surface area contributed by atoms with Crippen LogP contribution in [0.1, 0.15) is 33.1 Å². The van der Waals surface area contributed by atoms with Crippen molar-refractivity contribution in [2.24, 2.45) is 4.99 Å². The Kier molecular flexibility index (Phi) is 5.51. The highest BCUT2D eigenvalue weighted by atomic mass is 127. The van der Waals surface area contributed by atoms with Gasteiger partial charge in [-0.15, -0.1) is 24.0 Å². The van der Waals surface area contributed by atoms with Crippen LogP contribution >= 0.6 is 24.0 Å². The highest BCUT2D eigenvalue weighted by molar-refractivity contribution is 14.0. The van der Waals surface area contributed by atoms with Gasteiger partial charge in [0.2, 0.25) is 0 Å². The molecule has 0 aromatic carbocycles. The van der Waals surface area contributed by atoms with E-state index in [-0.39, 0.29) is 29.7 Å². The van der Waals surface area contributed by atoms with Gasteiger partial charge in [0.1, 0.15) is 0 Å². The zero-order valence-electron chi connectivity index (χ0n) is 11.8. The first-order chi connectivity index (χ1) is 8.36. The maximum atomic E-state index is 12.0. The number of rotatable bonds is 1. The maximum absolute atomic E-state index is 12.0. The fraction of sp³-hybridized carbons (Fsp3) is 0.917. The van der Waals surface area contributed by atoms with Crippen molar-refractivity contribution in [1.29, 1.82) is 0 Å². The van der Waals surface area contributed by atoms with E-state index in [2.05, 4.69) is 15.2 Å². The predicted octanol–water partition coefficient (Wildman–Crippen LogP) is 1.24. The Balaban J connectivity index is 0.00000180. The van der Waals surface area contributed by atoms with Gasteiger partial charge in [-0.1, -0.05) is 0 Å². The van der Waals surface area contributed by atoms with Crippen molar-refractivity contribution in [3.05, 3.63) is 0 Å². The summed E-state index contributed by atoms with van der Waals surface area (Å²) in [7, 11) is -1.22. The molecule has 0 unspecified atom stereocenters. The average Bonchev–Trinajstić information content (AvgIpc) is 2.21. The van der Waals surface area contributed by atoms with E-state index in [0.29, 0.717) is 19.1 Å². The molecule has 7 heteroatoms. The van der Waals surface area contributed by atoms with E-state index in [9.17, 15) is 8.42 Å². The van der Waals surface area contributed by atoms with Gasteiger partial charge in [0.25, 0.3) is 0 Å². The fourth-order valence-electron chi connectivity index (χ4n) is 2.36. The summed E-state index contributed by atoms with van der Waals surface area (Å²) in [4.78, 5) is 6.35. The number of nitrogens with one attached hydrogen (secondary N) is 1. The van der Waals surface area contributed by atoms with Gasteiger partial charge in [-0.2, -0.15) is 0 Å². The van der Waals surface area contributed by atoms with Crippen molar-refractivity contribution in [2.75, 3.05) is 25.9 Å². The minimum Gasteiger partial charge on any atom is -0.354 e.